The van der Waals surface area contributed by atoms with Crippen LogP contribution in [0, 0.1) is 0 Å². The fraction of sp³-hybridized carbons (Fsp3) is 0.647. The van der Waals surface area contributed by atoms with Gasteiger partial charge in [0.15, 0.2) is 11.5 Å². The minimum Gasteiger partial charge on any atom is -0.504 e. The van der Waals surface area contributed by atoms with Gasteiger partial charge in [-0.3, -0.25) is 0 Å². The molecule has 0 aliphatic heterocycles. The van der Waals surface area contributed by atoms with Gasteiger partial charge in [0.1, 0.15) is 0 Å². The molecule has 3 N–H and O–H groups in total. The van der Waals surface area contributed by atoms with E-state index in [0.717, 1.165) is 18.4 Å². The zero-order chi connectivity index (χ0) is 14.8. The van der Waals surface area contributed by atoms with E-state index in [2.05, 4.69) is 19.9 Å². The van der Waals surface area contributed by atoms with E-state index in [9.17, 15) is 5.11 Å². The summed E-state index contributed by atoms with van der Waals surface area (Å²) in [6.07, 6.45) is 5.75. The number of phenols is 1. The third kappa shape index (κ3) is 2.64. The number of benzene rings is 1. The summed E-state index contributed by atoms with van der Waals surface area (Å²) < 4.78 is 5.37. The second kappa shape index (κ2) is 6.04. The zero-order valence-corrected chi connectivity index (χ0v) is 12.9. The van der Waals surface area contributed by atoms with Gasteiger partial charge < -0.3 is 15.6 Å². The molecule has 2 rings (SSSR count). The Hall–Kier alpha value is -1.22. The quantitative estimate of drug-likeness (QED) is 0.882. The summed E-state index contributed by atoms with van der Waals surface area (Å²) in [5, 5.41) is 10.6. The average molecular weight is 277 g/mol. The third-order valence-corrected chi connectivity index (χ3v) is 4.76. The van der Waals surface area contributed by atoms with Gasteiger partial charge in [-0.2, -0.15) is 0 Å². The predicted octanol–water partition coefficient (Wildman–Crippen LogP) is 3.68. The van der Waals surface area contributed by atoms with Crippen molar-refractivity contribution in [3.8, 4) is 11.5 Å². The van der Waals surface area contributed by atoms with E-state index >= 15 is 0 Å². The van der Waals surface area contributed by atoms with E-state index in [4.69, 9.17) is 10.5 Å². The highest BCUT2D eigenvalue weighted by Crippen LogP contribution is 2.46. The van der Waals surface area contributed by atoms with Gasteiger partial charge in [0.05, 0.1) is 7.11 Å². The molecule has 20 heavy (non-hydrogen) atoms. The van der Waals surface area contributed by atoms with Crippen LogP contribution in [-0.2, 0) is 5.41 Å². The summed E-state index contributed by atoms with van der Waals surface area (Å²) in [5.74, 6) is 1.26. The maximum Gasteiger partial charge on any atom is 0.161 e. The van der Waals surface area contributed by atoms with Crippen LogP contribution in [0.15, 0.2) is 12.1 Å². The standard InChI is InChI=1S/C17H27NO2/c1-12(2)13-9-14(16(19)15(10-13)20-3)17(11-18)7-5-4-6-8-17/h9-10,12,19H,4-8,11,18H2,1-3H3. The van der Waals surface area contributed by atoms with Crippen LogP contribution in [0.4, 0.5) is 0 Å². The molecule has 0 unspecified atom stereocenters. The molecule has 1 aliphatic rings. The van der Waals surface area contributed by atoms with Gasteiger partial charge in [-0.05, 0) is 30.4 Å². The van der Waals surface area contributed by atoms with Gasteiger partial charge in [0, 0.05) is 17.5 Å². The summed E-state index contributed by atoms with van der Waals surface area (Å²) in [7, 11) is 1.61. The van der Waals surface area contributed by atoms with Crippen molar-refractivity contribution in [2.45, 2.75) is 57.3 Å². The minimum atomic E-state index is -0.0828. The van der Waals surface area contributed by atoms with E-state index < -0.39 is 0 Å². The highest BCUT2D eigenvalue weighted by atomic mass is 16.5. The van der Waals surface area contributed by atoms with Crippen LogP contribution in [0.2, 0.25) is 0 Å². The number of methoxy groups -OCH3 is 1. The summed E-state index contributed by atoms with van der Waals surface area (Å²) in [6, 6.07) is 4.08. The fourth-order valence-electron chi connectivity index (χ4n) is 3.33. The second-order valence-corrected chi connectivity index (χ2v) is 6.32. The summed E-state index contributed by atoms with van der Waals surface area (Å²) in [4.78, 5) is 0. The monoisotopic (exact) mass is 277 g/mol. The molecule has 0 spiro atoms. The Labute approximate surface area is 122 Å². The van der Waals surface area contributed by atoms with Crippen molar-refractivity contribution in [2.24, 2.45) is 5.73 Å². The van der Waals surface area contributed by atoms with Crippen LogP contribution in [0.25, 0.3) is 0 Å². The Kier molecular flexibility index (Phi) is 4.59. The maximum absolute atomic E-state index is 10.6. The molecular weight excluding hydrogens is 250 g/mol. The second-order valence-electron chi connectivity index (χ2n) is 6.32. The van der Waals surface area contributed by atoms with Gasteiger partial charge in [0.25, 0.3) is 0 Å². The van der Waals surface area contributed by atoms with Crippen molar-refractivity contribution in [1.29, 1.82) is 0 Å². The van der Waals surface area contributed by atoms with E-state index in [1.165, 1.54) is 24.8 Å². The van der Waals surface area contributed by atoms with Crippen molar-refractivity contribution in [2.75, 3.05) is 13.7 Å². The lowest BCUT2D eigenvalue weighted by atomic mass is 9.68. The average Bonchev–Trinajstić information content (AvgIpc) is 2.47. The largest absolute Gasteiger partial charge is 0.504 e. The molecule has 0 amide bonds. The number of rotatable bonds is 4. The van der Waals surface area contributed by atoms with Crippen molar-refractivity contribution in [1.82, 2.24) is 0 Å². The third-order valence-electron chi connectivity index (χ3n) is 4.76. The molecule has 112 valence electrons. The molecule has 0 saturated heterocycles. The molecule has 0 heterocycles. The lowest BCUT2D eigenvalue weighted by Gasteiger charge is -2.37. The van der Waals surface area contributed by atoms with Gasteiger partial charge in [0.2, 0.25) is 0 Å². The molecule has 1 aliphatic carbocycles. The molecule has 3 heteroatoms. The number of nitrogens with two attached hydrogens (primary N) is 1. The number of ether oxygens (including phenoxy) is 1. The Morgan fingerprint density at radius 2 is 1.90 bits per heavy atom. The summed E-state index contributed by atoms with van der Waals surface area (Å²) >= 11 is 0. The van der Waals surface area contributed by atoms with Gasteiger partial charge in [-0.25, -0.2) is 0 Å². The summed E-state index contributed by atoms with van der Waals surface area (Å²) in [6.45, 7) is 4.91. The van der Waals surface area contributed by atoms with Crippen LogP contribution < -0.4 is 10.5 Å². The Bertz CT molecular complexity index is 462. The van der Waals surface area contributed by atoms with Gasteiger partial charge in [-0.1, -0.05) is 39.2 Å². The molecule has 3 nitrogen and oxygen atoms in total. The highest BCUT2D eigenvalue weighted by Gasteiger charge is 2.36. The predicted molar refractivity (Wildman–Crippen MR) is 82.6 cm³/mol. The number of hydrogen-bond acceptors (Lipinski definition) is 3. The smallest absolute Gasteiger partial charge is 0.161 e. The van der Waals surface area contributed by atoms with E-state index in [-0.39, 0.29) is 11.2 Å². The first-order valence-corrected chi connectivity index (χ1v) is 7.65. The molecule has 0 radical (unpaired) electrons. The molecule has 1 saturated carbocycles. The fourth-order valence-corrected chi connectivity index (χ4v) is 3.33. The lowest BCUT2D eigenvalue weighted by molar-refractivity contribution is 0.285. The highest BCUT2D eigenvalue weighted by molar-refractivity contribution is 5.52. The van der Waals surface area contributed by atoms with Crippen molar-refractivity contribution in [3.63, 3.8) is 0 Å². The first kappa shape index (κ1) is 15.2. The number of phenolic OH excluding ortho intramolecular Hbond substituents is 1. The topological polar surface area (TPSA) is 55.5 Å². The van der Waals surface area contributed by atoms with Gasteiger partial charge >= 0.3 is 0 Å². The van der Waals surface area contributed by atoms with Crippen molar-refractivity contribution in [3.05, 3.63) is 23.3 Å². The van der Waals surface area contributed by atoms with Gasteiger partial charge in [-0.15, -0.1) is 0 Å². The molecule has 0 atom stereocenters. The van der Waals surface area contributed by atoms with E-state index in [0.29, 0.717) is 18.2 Å². The molecule has 0 bridgehead atoms. The molecule has 1 aromatic rings. The SMILES string of the molecule is COc1cc(C(C)C)cc(C2(CN)CCCCC2)c1O. The van der Waals surface area contributed by atoms with E-state index in [1.54, 1.807) is 7.11 Å². The van der Waals surface area contributed by atoms with Crippen LogP contribution in [0.3, 0.4) is 0 Å². The van der Waals surface area contributed by atoms with Crippen molar-refractivity contribution >= 4 is 0 Å². The number of hydrogen-bond donors (Lipinski definition) is 2. The normalized spacial score (nSPS) is 18.2. The number of aromatic hydroxyl groups is 1. The Morgan fingerprint density at radius 3 is 2.40 bits per heavy atom. The maximum atomic E-state index is 10.6. The molecular formula is C17H27NO2. The lowest BCUT2D eigenvalue weighted by Crippen LogP contribution is -2.37. The summed E-state index contributed by atoms with van der Waals surface area (Å²) in [5.41, 5.74) is 8.21. The zero-order valence-electron chi connectivity index (χ0n) is 12.9. The molecule has 1 aromatic carbocycles. The van der Waals surface area contributed by atoms with E-state index in [1.807, 2.05) is 6.07 Å². The van der Waals surface area contributed by atoms with Crippen LogP contribution in [0.1, 0.15) is 63.0 Å². The Balaban J connectivity index is 2.55. The molecule has 1 fully saturated rings. The van der Waals surface area contributed by atoms with Crippen LogP contribution >= 0.6 is 0 Å². The van der Waals surface area contributed by atoms with Crippen molar-refractivity contribution < 1.29 is 9.84 Å². The first-order valence-electron chi connectivity index (χ1n) is 7.65. The van der Waals surface area contributed by atoms with Crippen LogP contribution in [0.5, 0.6) is 11.5 Å². The first-order chi connectivity index (χ1) is 9.54. The molecule has 0 aromatic heterocycles. The van der Waals surface area contributed by atoms with Crippen LogP contribution in [-0.4, -0.2) is 18.8 Å². The minimum absolute atomic E-state index is 0.0828. The Morgan fingerprint density at radius 1 is 1.25 bits per heavy atom.